The van der Waals surface area contributed by atoms with Crippen LogP contribution in [0.4, 0.5) is 5.69 Å². The number of rotatable bonds is 15. The van der Waals surface area contributed by atoms with Crippen LogP contribution in [0.1, 0.15) is 31.7 Å². The minimum absolute atomic E-state index is 0.209. The van der Waals surface area contributed by atoms with Gasteiger partial charge in [-0.2, -0.15) is 0 Å². The molecule has 1 spiro atoms. The molecule has 4 fully saturated rings. The number of likely N-dealkylation sites (tertiary alicyclic amines) is 1. The first kappa shape index (κ1) is 35.0. The Morgan fingerprint density at radius 2 is 1.67 bits per heavy atom. The van der Waals surface area contributed by atoms with Crippen molar-refractivity contribution in [2.45, 2.75) is 55.9 Å². The van der Waals surface area contributed by atoms with E-state index >= 15 is 9.59 Å². The zero-order chi connectivity index (χ0) is 34.6. The molecule has 4 aliphatic heterocycles. The third kappa shape index (κ3) is 6.36. The van der Waals surface area contributed by atoms with Crippen molar-refractivity contribution in [3.8, 4) is 0 Å². The fourth-order valence-corrected chi connectivity index (χ4v) is 8.78. The number of ether oxygens (including phenoxy) is 2. The number of carbonyl (C=O) groups excluding carboxylic acids is 3. The summed E-state index contributed by atoms with van der Waals surface area (Å²) in [6.07, 6.45) is 5.29. The molecule has 6 atom stereocenters. The molecule has 2 aromatic carbocycles. The third-order valence-electron chi connectivity index (χ3n) is 11.1. The summed E-state index contributed by atoms with van der Waals surface area (Å²) in [5, 5.41) is 10.9. The van der Waals surface area contributed by atoms with E-state index in [-0.39, 0.29) is 30.9 Å². The minimum Gasteiger partial charge on any atom is -0.394 e. The van der Waals surface area contributed by atoms with Crippen molar-refractivity contribution in [3.63, 3.8) is 0 Å². The van der Waals surface area contributed by atoms with Gasteiger partial charge in [0, 0.05) is 45.0 Å². The van der Waals surface area contributed by atoms with E-state index in [2.05, 4.69) is 18.1 Å². The molecule has 0 radical (unpaired) electrons. The molecule has 4 saturated heterocycles. The summed E-state index contributed by atoms with van der Waals surface area (Å²) < 4.78 is 12.6. The van der Waals surface area contributed by atoms with Gasteiger partial charge in [-0.3, -0.25) is 19.3 Å². The maximum atomic E-state index is 15.1. The average molecular weight is 671 g/mol. The van der Waals surface area contributed by atoms with Gasteiger partial charge in [-0.1, -0.05) is 67.6 Å². The molecule has 4 heterocycles. The van der Waals surface area contributed by atoms with Crippen LogP contribution in [-0.4, -0.2) is 120 Å². The van der Waals surface area contributed by atoms with E-state index in [1.54, 1.807) is 26.9 Å². The van der Waals surface area contributed by atoms with Gasteiger partial charge in [-0.25, -0.2) is 0 Å². The molecule has 2 aromatic rings. The highest BCUT2D eigenvalue weighted by Crippen LogP contribution is 2.65. The number of carbonyl (C=O) groups is 3. The van der Waals surface area contributed by atoms with E-state index in [9.17, 15) is 9.90 Å². The van der Waals surface area contributed by atoms with Gasteiger partial charge in [-0.05, 0) is 43.4 Å². The number of morpholine rings is 1. The lowest BCUT2D eigenvalue weighted by Crippen LogP contribution is -2.60. The average Bonchev–Trinajstić information content (AvgIpc) is 3.75. The number of hydrogen-bond acceptors (Lipinski definition) is 7. The number of aliphatic hydroxyl groups is 1. The van der Waals surface area contributed by atoms with E-state index in [1.807, 2.05) is 67.6 Å². The number of para-hydroxylation sites is 1. The SMILES string of the molecule is C=CCN(CCN1CCOCC1)C(=O)C1N([C@@H](CO)Cc2ccccc2)C(=O)[C@@H]2[C@@H](C(=O)N(CC=C)c3ccccc3)[C@@]3(CC)CCC12O3. The van der Waals surface area contributed by atoms with Crippen LogP contribution in [0.25, 0.3) is 0 Å². The molecular formula is C39H50N4O6. The van der Waals surface area contributed by atoms with Gasteiger partial charge in [0.15, 0.2) is 0 Å². The zero-order valence-corrected chi connectivity index (χ0v) is 28.6. The first-order chi connectivity index (χ1) is 23.8. The normalized spacial score (nSPS) is 28.2. The van der Waals surface area contributed by atoms with Crippen molar-refractivity contribution in [1.82, 2.24) is 14.7 Å². The first-order valence-corrected chi connectivity index (χ1v) is 17.7. The standard InChI is InChI=1S/C39H50N4O6/c1-4-19-41(22-21-40-23-25-48-26-24-40)37(47)34-39-18-17-38(6-3,49-39)32(35(45)42(20-5-2)30-15-11-8-12-16-30)33(39)36(46)43(34)31(28-44)27-29-13-9-7-10-14-29/h4-5,7-16,31-34,44H,1-2,6,17-28H2,3H3/t31-,32+,33+,34?,38-,39?/m1/s1. The Morgan fingerprint density at radius 3 is 2.31 bits per heavy atom. The maximum absolute atomic E-state index is 15.1. The smallest absolute Gasteiger partial charge is 0.248 e. The van der Waals surface area contributed by atoms with Crippen LogP contribution in [0.5, 0.6) is 0 Å². The predicted molar refractivity (Wildman–Crippen MR) is 188 cm³/mol. The van der Waals surface area contributed by atoms with Gasteiger partial charge >= 0.3 is 0 Å². The molecule has 2 unspecified atom stereocenters. The molecule has 3 amide bonds. The van der Waals surface area contributed by atoms with Gasteiger partial charge in [0.2, 0.25) is 17.7 Å². The number of amides is 3. The Bertz CT molecular complexity index is 1500. The van der Waals surface area contributed by atoms with Gasteiger partial charge in [-0.15, -0.1) is 13.2 Å². The molecule has 10 heteroatoms. The lowest BCUT2D eigenvalue weighted by molar-refractivity contribution is -0.156. The third-order valence-corrected chi connectivity index (χ3v) is 11.1. The summed E-state index contributed by atoms with van der Waals surface area (Å²) in [7, 11) is 0. The largest absolute Gasteiger partial charge is 0.394 e. The second-order valence-corrected chi connectivity index (χ2v) is 13.7. The molecule has 6 rings (SSSR count). The van der Waals surface area contributed by atoms with Crippen LogP contribution in [0.3, 0.4) is 0 Å². The van der Waals surface area contributed by atoms with Crippen molar-refractivity contribution >= 4 is 23.4 Å². The fourth-order valence-electron chi connectivity index (χ4n) is 8.78. The van der Waals surface area contributed by atoms with Crippen molar-refractivity contribution in [2.24, 2.45) is 11.8 Å². The Hall–Kier alpha value is -3.83. The summed E-state index contributed by atoms with van der Waals surface area (Å²) in [6.45, 7) is 14.0. The summed E-state index contributed by atoms with van der Waals surface area (Å²) in [5.41, 5.74) is -0.470. The minimum atomic E-state index is -1.22. The van der Waals surface area contributed by atoms with Gasteiger partial charge in [0.25, 0.3) is 0 Å². The van der Waals surface area contributed by atoms with Crippen LogP contribution in [0.15, 0.2) is 86.0 Å². The molecule has 1 N–H and O–H groups in total. The van der Waals surface area contributed by atoms with Crippen molar-refractivity contribution in [1.29, 1.82) is 0 Å². The van der Waals surface area contributed by atoms with Crippen LogP contribution >= 0.6 is 0 Å². The van der Waals surface area contributed by atoms with Crippen molar-refractivity contribution in [3.05, 3.63) is 91.5 Å². The van der Waals surface area contributed by atoms with Gasteiger partial charge in [0.05, 0.1) is 43.3 Å². The van der Waals surface area contributed by atoms with Crippen molar-refractivity contribution < 1.29 is 29.0 Å². The second kappa shape index (κ2) is 15.0. The number of nitrogens with zero attached hydrogens (tertiary/aromatic N) is 4. The second-order valence-electron chi connectivity index (χ2n) is 13.7. The van der Waals surface area contributed by atoms with Gasteiger partial charge in [0.1, 0.15) is 11.6 Å². The molecule has 4 aliphatic rings. The molecule has 49 heavy (non-hydrogen) atoms. The highest BCUT2D eigenvalue weighted by molar-refractivity contribution is 6.03. The van der Waals surface area contributed by atoms with E-state index in [0.717, 1.165) is 18.7 Å². The highest BCUT2D eigenvalue weighted by Gasteiger charge is 2.79. The Balaban J connectivity index is 1.42. The molecule has 10 nitrogen and oxygen atoms in total. The number of hydrogen-bond donors (Lipinski definition) is 1. The van der Waals surface area contributed by atoms with Crippen LogP contribution in [-0.2, 0) is 30.3 Å². The van der Waals surface area contributed by atoms with E-state index in [0.29, 0.717) is 64.2 Å². The summed E-state index contributed by atoms with van der Waals surface area (Å²) in [4.78, 5) is 52.3. The van der Waals surface area contributed by atoms with E-state index < -0.39 is 35.1 Å². The lowest BCUT2D eigenvalue weighted by atomic mass is 9.64. The maximum Gasteiger partial charge on any atom is 0.248 e. The summed E-state index contributed by atoms with van der Waals surface area (Å²) >= 11 is 0. The van der Waals surface area contributed by atoms with E-state index in [4.69, 9.17) is 9.47 Å². The number of anilines is 1. The summed E-state index contributed by atoms with van der Waals surface area (Å²) in [5.74, 6) is -2.44. The molecule has 0 aromatic heterocycles. The highest BCUT2D eigenvalue weighted by atomic mass is 16.5. The quantitative estimate of drug-likeness (QED) is 0.290. The Labute approximate surface area is 289 Å². The number of benzene rings is 2. The molecule has 0 saturated carbocycles. The number of fused-ring (bicyclic) bond motifs is 1. The molecular weight excluding hydrogens is 620 g/mol. The first-order valence-electron chi connectivity index (χ1n) is 17.7. The Morgan fingerprint density at radius 1 is 1.00 bits per heavy atom. The summed E-state index contributed by atoms with van der Waals surface area (Å²) in [6, 6.07) is 17.4. The number of aliphatic hydroxyl groups excluding tert-OH is 1. The molecule has 2 bridgehead atoms. The topological polar surface area (TPSA) is 103 Å². The Kier molecular flexibility index (Phi) is 10.7. The van der Waals surface area contributed by atoms with E-state index in [1.165, 1.54) is 0 Å². The fraction of sp³-hybridized carbons (Fsp3) is 0.513. The lowest BCUT2D eigenvalue weighted by Gasteiger charge is -2.40. The monoisotopic (exact) mass is 670 g/mol. The van der Waals surface area contributed by atoms with Crippen molar-refractivity contribution in [2.75, 3.05) is 64.0 Å². The van der Waals surface area contributed by atoms with Crippen LogP contribution in [0.2, 0.25) is 0 Å². The van der Waals surface area contributed by atoms with Gasteiger partial charge < -0.3 is 29.3 Å². The van der Waals surface area contributed by atoms with Crippen LogP contribution < -0.4 is 4.90 Å². The molecule has 262 valence electrons. The van der Waals surface area contributed by atoms with Crippen LogP contribution in [0, 0.1) is 11.8 Å². The predicted octanol–water partition coefficient (Wildman–Crippen LogP) is 3.31. The zero-order valence-electron chi connectivity index (χ0n) is 28.6. The molecule has 0 aliphatic carbocycles.